The second kappa shape index (κ2) is 15.7. The summed E-state index contributed by atoms with van der Waals surface area (Å²) in [5, 5.41) is 37.0. The second-order valence-electron chi connectivity index (χ2n) is 14.8. The smallest absolute Gasteiger partial charge is 0.327 e. The lowest BCUT2D eigenvalue weighted by atomic mass is 9.91. The van der Waals surface area contributed by atoms with E-state index in [1.54, 1.807) is 10.6 Å². The van der Waals surface area contributed by atoms with Crippen LogP contribution in [0.4, 0.5) is 27.0 Å². The van der Waals surface area contributed by atoms with E-state index in [1.165, 1.54) is 36.5 Å². The van der Waals surface area contributed by atoms with Crippen LogP contribution in [0.25, 0.3) is 11.2 Å². The lowest BCUT2D eigenvalue weighted by Crippen LogP contribution is -2.47. The molecule has 8 rings (SSSR count). The molecule has 0 unspecified atom stereocenters. The molecule has 4 heterocycles. The van der Waals surface area contributed by atoms with E-state index in [0.717, 1.165) is 16.0 Å². The van der Waals surface area contributed by atoms with E-state index in [-0.39, 0.29) is 35.5 Å². The topological polar surface area (TPSA) is 241 Å². The van der Waals surface area contributed by atoms with Gasteiger partial charge in [-0.05, 0) is 42.2 Å². The zero-order chi connectivity index (χ0) is 40.7. The highest BCUT2D eigenvalue weighted by Gasteiger charge is 2.51. The number of benzene rings is 3. The number of imide groups is 1. The number of anilines is 3. The third-order valence-electron chi connectivity index (χ3n) is 11.0. The number of aliphatic hydroxyl groups excluding tert-OH is 2. The van der Waals surface area contributed by atoms with Crippen LogP contribution in [0.2, 0.25) is 0 Å². The summed E-state index contributed by atoms with van der Waals surface area (Å²) in [6, 6.07) is 22.6. The number of sulfonamides is 1. The molecule has 2 aromatic heterocycles. The molecule has 5 atom stereocenters. The lowest BCUT2D eigenvalue weighted by Gasteiger charge is -2.24. The molecule has 7 N–H and O–H groups in total. The Hall–Kier alpha value is -6.15. The van der Waals surface area contributed by atoms with E-state index < -0.39 is 52.3 Å². The standard InChI is InChI=1S/C39H43N11O7S/c1-47-21-31(51)50(39(47)55)30-18-29(33(52)34(30)53)49-22-42-32-35(41-19-28(23-9-4-2-5-10-23)24-11-6-3-7-12-24)45-37(46-36(32)49)48-16-15-26(20-48)44-38(54)43-25-13-8-14-27(17-25)58(40,56)57/h2-14,17,22,26,28-30,33-34,52-53H,15-16,18-21H2,1H3,(H2,40,56,57)(H,41,45,46)(H2,43,44,54)/t26-,29-,30+,33+,34-/m1/s1. The van der Waals surface area contributed by atoms with Gasteiger partial charge in [0.25, 0.3) is 5.91 Å². The molecule has 1 aliphatic carbocycles. The fourth-order valence-corrected chi connectivity index (χ4v) is 8.61. The number of aliphatic hydroxyl groups is 2. The highest BCUT2D eigenvalue weighted by molar-refractivity contribution is 7.89. The fourth-order valence-electron chi connectivity index (χ4n) is 8.05. The van der Waals surface area contributed by atoms with Gasteiger partial charge in [0, 0.05) is 44.3 Å². The van der Waals surface area contributed by atoms with Gasteiger partial charge in [0.2, 0.25) is 16.0 Å². The van der Waals surface area contributed by atoms with Crippen LogP contribution in [0.15, 0.2) is 96.2 Å². The van der Waals surface area contributed by atoms with Crippen molar-refractivity contribution in [2.24, 2.45) is 5.14 Å². The van der Waals surface area contributed by atoms with Gasteiger partial charge in [0.1, 0.15) is 18.8 Å². The number of likely N-dealkylation sites (N-methyl/N-ethyl adjacent to an activating group) is 1. The van der Waals surface area contributed by atoms with E-state index in [0.29, 0.717) is 49.0 Å². The quantitative estimate of drug-likeness (QED) is 0.105. The van der Waals surface area contributed by atoms with Crippen molar-refractivity contribution in [3.05, 3.63) is 102 Å². The predicted octanol–water partition coefficient (Wildman–Crippen LogP) is 2.05. The molecule has 5 amide bonds. The monoisotopic (exact) mass is 809 g/mol. The first-order valence-electron chi connectivity index (χ1n) is 18.8. The summed E-state index contributed by atoms with van der Waals surface area (Å²) in [7, 11) is -2.46. The van der Waals surface area contributed by atoms with Gasteiger partial charge >= 0.3 is 12.1 Å². The molecule has 2 aliphatic heterocycles. The van der Waals surface area contributed by atoms with Crippen molar-refractivity contribution in [3.63, 3.8) is 0 Å². The summed E-state index contributed by atoms with van der Waals surface area (Å²) >= 11 is 0. The van der Waals surface area contributed by atoms with Crippen LogP contribution in [0, 0.1) is 0 Å². The van der Waals surface area contributed by atoms with Crippen molar-refractivity contribution < 1.29 is 33.0 Å². The molecular weight excluding hydrogens is 767 g/mol. The number of carbonyl (C=O) groups excluding carboxylic acids is 3. The van der Waals surface area contributed by atoms with E-state index in [4.69, 9.17) is 20.1 Å². The van der Waals surface area contributed by atoms with Crippen molar-refractivity contribution in [2.75, 3.05) is 48.8 Å². The first-order chi connectivity index (χ1) is 27.9. The molecule has 3 fully saturated rings. The van der Waals surface area contributed by atoms with Crippen molar-refractivity contribution in [1.82, 2.24) is 34.6 Å². The molecule has 0 bridgehead atoms. The van der Waals surface area contributed by atoms with Gasteiger partial charge < -0.3 is 40.5 Å². The molecule has 19 heteroatoms. The second-order valence-corrected chi connectivity index (χ2v) is 16.4. The molecule has 2 saturated heterocycles. The Bertz CT molecular complexity index is 2410. The molecule has 3 aliphatic rings. The normalized spacial score (nSPS) is 22.4. The number of primary sulfonamides is 1. The summed E-state index contributed by atoms with van der Waals surface area (Å²) in [6.07, 6.45) is -0.631. The largest absolute Gasteiger partial charge is 0.388 e. The Kier molecular flexibility index (Phi) is 10.4. The van der Waals surface area contributed by atoms with Crippen LogP contribution in [0.3, 0.4) is 0 Å². The molecular formula is C39H43N11O7S. The number of rotatable bonds is 11. The Morgan fingerprint density at radius 2 is 1.64 bits per heavy atom. The number of hydrogen-bond acceptors (Lipinski definition) is 12. The third-order valence-corrected chi connectivity index (χ3v) is 11.9. The van der Waals surface area contributed by atoms with Crippen LogP contribution < -0.4 is 26.0 Å². The Morgan fingerprint density at radius 3 is 2.29 bits per heavy atom. The highest BCUT2D eigenvalue weighted by Crippen LogP contribution is 2.38. The number of carbonyl (C=O) groups is 3. The molecule has 0 spiro atoms. The SMILES string of the molecule is CN1CC(=O)N([C@H]2C[C@@H](n3cnc4c(NCC(c5ccccc5)c5ccccc5)nc(N5CC[C@@H](NC(=O)Nc6cccc(S(N)(=O)=O)c6)C5)nc43)[C@H](O)[C@@H]2O)C1=O. The van der Waals surface area contributed by atoms with Crippen LogP contribution in [-0.4, -0.2) is 123 Å². The number of nitrogens with zero attached hydrogens (tertiary/aromatic N) is 7. The van der Waals surface area contributed by atoms with Crippen molar-refractivity contribution in [2.45, 2.75) is 54.0 Å². The number of nitrogens with two attached hydrogens (primary N) is 1. The number of urea groups is 2. The zero-order valence-electron chi connectivity index (χ0n) is 31.4. The van der Waals surface area contributed by atoms with E-state index in [1.807, 2.05) is 41.3 Å². The number of hydrogen-bond donors (Lipinski definition) is 6. The number of nitrogens with one attached hydrogen (secondary N) is 3. The Balaban J connectivity index is 1.09. The number of imidazole rings is 1. The molecule has 3 aromatic carbocycles. The van der Waals surface area contributed by atoms with E-state index in [9.17, 15) is 33.0 Å². The Morgan fingerprint density at radius 1 is 0.948 bits per heavy atom. The van der Waals surface area contributed by atoms with Crippen LogP contribution in [0.5, 0.6) is 0 Å². The Labute approximate surface area is 333 Å². The minimum atomic E-state index is -3.96. The maximum Gasteiger partial charge on any atom is 0.327 e. The fraction of sp³-hybridized carbons (Fsp3) is 0.333. The third kappa shape index (κ3) is 7.63. The summed E-state index contributed by atoms with van der Waals surface area (Å²) in [5.74, 6) is 0.235. The average molecular weight is 810 g/mol. The van der Waals surface area contributed by atoms with Crippen molar-refractivity contribution in [3.8, 4) is 0 Å². The van der Waals surface area contributed by atoms with Gasteiger partial charge in [0.05, 0.1) is 23.3 Å². The van der Waals surface area contributed by atoms with Crippen LogP contribution >= 0.6 is 0 Å². The van der Waals surface area contributed by atoms with Gasteiger partial charge in [-0.15, -0.1) is 0 Å². The minimum absolute atomic E-state index is 0.0657. The molecule has 18 nitrogen and oxygen atoms in total. The summed E-state index contributed by atoms with van der Waals surface area (Å²) in [4.78, 5) is 57.4. The molecule has 5 aromatic rings. The minimum Gasteiger partial charge on any atom is -0.388 e. The van der Waals surface area contributed by atoms with Gasteiger partial charge in [-0.2, -0.15) is 9.97 Å². The molecule has 1 saturated carbocycles. The maximum atomic E-state index is 13.0. The summed E-state index contributed by atoms with van der Waals surface area (Å²) in [5.41, 5.74) is 3.21. The van der Waals surface area contributed by atoms with Gasteiger partial charge in [-0.25, -0.2) is 28.1 Å². The number of fused-ring (bicyclic) bond motifs is 1. The van der Waals surface area contributed by atoms with Crippen molar-refractivity contribution in [1.29, 1.82) is 0 Å². The van der Waals surface area contributed by atoms with E-state index in [2.05, 4.69) is 40.2 Å². The molecule has 0 radical (unpaired) electrons. The number of amides is 5. The first kappa shape index (κ1) is 38.7. The molecule has 302 valence electrons. The van der Waals surface area contributed by atoms with Crippen molar-refractivity contribution >= 4 is 56.6 Å². The van der Waals surface area contributed by atoms with Gasteiger partial charge in [-0.3, -0.25) is 9.69 Å². The van der Waals surface area contributed by atoms with Crippen LogP contribution in [0.1, 0.15) is 35.9 Å². The van der Waals surface area contributed by atoms with Gasteiger partial charge in [0.15, 0.2) is 17.0 Å². The zero-order valence-corrected chi connectivity index (χ0v) is 32.2. The summed E-state index contributed by atoms with van der Waals surface area (Å²) in [6.45, 7) is 1.12. The predicted molar refractivity (Wildman–Crippen MR) is 213 cm³/mol. The van der Waals surface area contributed by atoms with Crippen LogP contribution in [-0.2, 0) is 14.8 Å². The first-order valence-corrected chi connectivity index (χ1v) is 20.4. The average Bonchev–Trinajstić information content (AvgIpc) is 3.98. The van der Waals surface area contributed by atoms with Gasteiger partial charge in [-0.1, -0.05) is 66.7 Å². The summed E-state index contributed by atoms with van der Waals surface area (Å²) < 4.78 is 25.3. The number of aromatic nitrogens is 4. The lowest BCUT2D eigenvalue weighted by molar-refractivity contribution is -0.128. The highest BCUT2D eigenvalue weighted by atomic mass is 32.2. The van der Waals surface area contributed by atoms with E-state index >= 15 is 0 Å². The maximum absolute atomic E-state index is 13.0. The molecule has 58 heavy (non-hydrogen) atoms.